The van der Waals surface area contributed by atoms with Gasteiger partial charge in [0.2, 0.25) is 0 Å². The number of nitrogens with zero attached hydrogens (tertiary/aromatic N) is 1. The Hall–Kier alpha value is -2.27. The number of rotatable bonds is 2. The van der Waals surface area contributed by atoms with Gasteiger partial charge in [-0.05, 0) is 18.2 Å². The molecule has 0 atom stereocenters. The van der Waals surface area contributed by atoms with E-state index in [2.05, 4.69) is 10.3 Å². The van der Waals surface area contributed by atoms with Gasteiger partial charge in [-0.1, -0.05) is 11.6 Å². The molecule has 0 spiro atoms. The molecule has 0 unspecified atom stereocenters. The molecular weight excluding hydrogens is 256 g/mol. The standard InChI is InChI=1S/C12H9ClN2O3/c13-10-4-8(16)1-2-11(10)15-12(18)7-3-9(17)6-14-5-7/h1-6,16-17H,(H,15,18). The van der Waals surface area contributed by atoms with Crippen molar-refractivity contribution in [1.29, 1.82) is 0 Å². The molecule has 1 amide bonds. The van der Waals surface area contributed by atoms with Gasteiger partial charge in [0.1, 0.15) is 11.5 Å². The van der Waals surface area contributed by atoms with E-state index in [4.69, 9.17) is 11.6 Å². The summed E-state index contributed by atoms with van der Waals surface area (Å²) in [5.74, 6) is -0.539. The Labute approximate surface area is 108 Å². The van der Waals surface area contributed by atoms with Gasteiger partial charge in [-0.25, -0.2) is 0 Å². The van der Waals surface area contributed by atoms with E-state index >= 15 is 0 Å². The number of carbonyl (C=O) groups is 1. The molecule has 1 aromatic carbocycles. The van der Waals surface area contributed by atoms with Crippen molar-refractivity contribution in [3.05, 3.63) is 47.2 Å². The first-order valence-electron chi connectivity index (χ1n) is 5.00. The molecule has 3 N–H and O–H groups in total. The number of phenols is 1. The summed E-state index contributed by atoms with van der Waals surface area (Å²) in [7, 11) is 0. The average Bonchev–Trinajstić information content (AvgIpc) is 2.32. The monoisotopic (exact) mass is 264 g/mol. The van der Waals surface area contributed by atoms with Crippen molar-refractivity contribution in [2.24, 2.45) is 0 Å². The van der Waals surface area contributed by atoms with Gasteiger partial charge in [0.25, 0.3) is 5.91 Å². The van der Waals surface area contributed by atoms with Gasteiger partial charge in [0.15, 0.2) is 0 Å². The van der Waals surface area contributed by atoms with Crippen LogP contribution < -0.4 is 5.32 Å². The van der Waals surface area contributed by atoms with E-state index in [0.717, 1.165) is 0 Å². The maximum atomic E-state index is 11.8. The van der Waals surface area contributed by atoms with Crippen molar-refractivity contribution in [3.63, 3.8) is 0 Å². The van der Waals surface area contributed by atoms with Crippen molar-refractivity contribution in [2.45, 2.75) is 0 Å². The quantitative estimate of drug-likeness (QED) is 0.728. The summed E-state index contributed by atoms with van der Waals surface area (Å²) in [4.78, 5) is 15.5. The Morgan fingerprint density at radius 1 is 1.17 bits per heavy atom. The molecule has 2 rings (SSSR count). The SMILES string of the molecule is O=C(Nc1ccc(O)cc1Cl)c1cncc(O)c1. The molecule has 0 radical (unpaired) electrons. The molecule has 1 heterocycles. The van der Waals surface area contributed by atoms with E-state index in [-0.39, 0.29) is 22.1 Å². The Morgan fingerprint density at radius 3 is 2.61 bits per heavy atom. The number of hydrogen-bond acceptors (Lipinski definition) is 4. The summed E-state index contributed by atoms with van der Waals surface area (Å²) >= 11 is 5.85. The van der Waals surface area contributed by atoms with Crippen LogP contribution in [0.4, 0.5) is 5.69 Å². The molecule has 0 saturated heterocycles. The zero-order valence-corrected chi connectivity index (χ0v) is 9.85. The maximum Gasteiger partial charge on any atom is 0.257 e. The second-order valence-electron chi connectivity index (χ2n) is 3.55. The Bertz CT molecular complexity index is 602. The number of halogens is 1. The molecule has 0 aliphatic carbocycles. The number of pyridine rings is 1. The fourth-order valence-corrected chi connectivity index (χ4v) is 1.57. The van der Waals surface area contributed by atoms with Gasteiger partial charge in [0.05, 0.1) is 22.5 Å². The van der Waals surface area contributed by atoms with Gasteiger partial charge in [-0.15, -0.1) is 0 Å². The number of nitrogens with one attached hydrogen (secondary N) is 1. The highest BCUT2D eigenvalue weighted by Gasteiger charge is 2.09. The predicted molar refractivity (Wildman–Crippen MR) is 67.0 cm³/mol. The molecule has 0 fully saturated rings. The van der Waals surface area contributed by atoms with Crippen LogP contribution in [0.1, 0.15) is 10.4 Å². The Kier molecular flexibility index (Phi) is 3.34. The lowest BCUT2D eigenvalue weighted by atomic mass is 10.2. The molecule has 0 aliphatic rings. The number of aromatic nitrogens is 1. The van der Waals surface area contributed by atoms with Gasteiger partial charge in [0, 0.05) is 12.3 Å². The summed E-state index contributed by atoms with van der Waals surface area (Å²) in [6, 6.07) is 5.49. The van der Waals surface area contributed by atoms with Gasteiger partial charge < -0.3 is 15.5 Å². The van der Waals surface area contributed by atoms with E-state index in [0.29, 0.717) is 5.69 Å². The van der Waals surface area contributed by atoms with E-state index in [1.54, 1.807) is 0 Å². The van der Waals surface area contributed by atoms with Crippen LogP contribution in [0.3, 0.4) is 0 Å². The summed E-state index contributed by atoms with van der Waals surface area (Å²) in [5, 5.41) is 21.2. The smallest absolute Gasteiger partial charge is 0.257 e. The van der Waals surface area contributed by atoms with Crippen LogP contribution in [0.15, 0.2) is 36.7 Å². The Balaban J connectivity index is 2.21. The fraction of sp³-hybridized carbons (Fsp3) is 0. The van der Waals surface area contributed by atoms with Crippen molar-refractivity contribution in [2.75, 3.05) is 5.32 Å². The highest BCUT2D eigenvalue weighted by molar-refractivity contribution is 6.34. The molecule has 5 nitrogen and oxygen atoms in total. The van der Waals surface area contributed by atoms with Crippen LogP contribution in [-0.4, -0.2) is 21.1 Å². The first kappa shape index (κ1) is 12.2. The summed E-state index contributed by atoms with van der Waals surface area (Å²) in [6.07, 6.45) is 2.55. The van der Waals surface area contributed by atoms with Crippen LogP contribution >= 0.6 is 11.6 Å². The first-order chi connectivity index (χ1) is 8.56. The topological polar surface area (TPSA) is 82.5 Å². The van der Waals surface area contributed by atoms with E-state index in [9.17, 15) is 15.0 Å². The van der Waals surface area contributed by atoms with Crippen molar-refractivity contribution < 1.29 is 15.0 Å². The first-order valence-corrected chi connectivity index (χ1v) is 5.38. The average molecular weight is 265 g/mol. The number of aromatic hydroxyl groups is 2. The molecule has 0 bridgehead atoms. The van der Waals surface area contributed by atoms with Crippen molar-refractivity contribution >= 4 is 23.2 Å². The molecule has 1 aromatic heterocycles. The largest absolute Gasteiger partial charge is 0.508 e. The van der Waals surface area contributed by atoms with Crippen LogP contribution in [0.2, 0.25) is 5.02 Å². The van der Waals surface area contributed by atoms with E-state index < -0.39 is 5.91 Å². The third-order valence-electron chi connectivity index (χ3n) is 2.19. The van der Waals surface area contributed by atoms with Gasteiger partial charge in [-0.3, -0.25) is 9.78 Å². The van der Waals surface area contributed by atoms with Crippen LogP contribution in [0, 0.1) is 0 Å². The fourth-order valence-electron chi connectivity index (χ4n) is 1.35. The van der Waals surface area contributed by atoms with Crippen molar-refractivity contribution in [1.82, 2.24) is 4.98 Å². The minimum atomic E-state index is -0.453. The molecular formula is C12H9ClN2O3. The van der Waals surface area contributed by atoms with Crippen LogP contribution in [-0.2, 0) is 0 Å². The van der Waals surface area contributed by atoms with E-state index in [1.807, 2.05) is 0 Å². The number of amides is 1. The molecule has 0 aliphatic heterocycles. The molecule has 18 heavy (non-hydrogen) atoms. The lowest BCUT2D eigenvalue weighted by Gasteiger charge is -2.07. The zero-order chi connectivity index (χ0) is 13.1. The highest BCUT2D eigenvalue weighted by Crippen LogP contribution is 2.26. The second kappa shape index (κ2) is 4.93. The molecule has 0 saturated carbocycles. The number of hydrogen-bond donors (Lipinski definition) is 3. The van der Waals surface area contributed by atoms with Crippen LogP contribution in [0.5, 0.6) is 11.5 Å². The van der Waals surface area contributed by atoms with E-state index in [1.165, 1.54) is 36.7 Å². The minimum Gasteiger partial charge on any atom is -0.508 e. The van der Waals surface area contributed by atoms with Crippen LogP contribution in [0.25, 0.3) is 0 Å². The lowest BCUT2D eigenvalue weighted by molar-refractivity contribution is 0.102. The summed E-state index contributed by atoms with van der Waals surface area (Å²) in [6.45, 7) is 0. The lowest BCUT2D eigenvalue weighted by Crippen LogP contribution is -2.12. The second-order valence-corrected chi connectivity index (χ2v) is 3.96. The zero-order valence-electron chi connectivity index (χ0n) is 9.09. The minimum absolute atomic E-state index is 0.0111. The normalized spacial score (nSPS) is 10.1. The number of carbonyl (C=O) groups excluding carboxylic acids is 1. The third kappa shape index (κ3) is 2.70. The highest BCUT2D eigenvalue weighted by atomic mass is 35.5. The molecule has 2 aromatic rings. The Morgan fingerprint density at radius 2 is 1.94 bits per heavy atom. The number of anilines is 1. The van der Waals surface area contributed by atoms with Crippen molar-refractivity contribution in [3.8, 4) is 11.5 Å². The molecule has 6 heteroatoms. The maximum absolute atomic E-state index is 11.8. The summed E-state index contributed by atoms with van der Waals surface area (Å²) < 4.78 is 0. The third-order valence-corrected chi connectivity index (χ3v) is 2.50. The molecule has 92 valence electrons. The van der Waals surface area contributed by atoms with Gasteiger partial charge >= 0.3 is 0 Å². The number of benzene rings is 1. The predicted octanol–water partition coefficient (Wildman–Crippen LogP) is 2.40. The summed E-state index contributed by atoms with van der Waals surface area (Å²) in [5.41, 5.74) is 0.571. The van der Waals surface area contributed by atoms with Gasteiger partial charge in [-0.2, -0.15) is 0 Å². The number of phenolic OH excluding ortho intramolecular Hbond substituents is 1.